The van der Waals surface area contributed by atoms with E-state index in [1.807, 2.05) is 38.1 Å². The predicted molar refractivity (Wildman–Crippen MR) is 130 cm³/mol. The quantitative estimate of drug-likeness (QED) is 0.578. The summed E-state index contributed by atoms with van der Waals surface area (Å²) >= 11 is 7.25. The standard InChI is InChI=1S/C25H22ClN3O3S/c1-16-6-7-17(2)21(12-16)29-24(31)22(14-18-4-3-5-19(26)13-18)33-25(29)20(15-27)23(30)28-8-10-32-11-9-28/h3-7,12-14H,8-11H2,1-2H3/b22-14+,25-20-. The summed E-state index contributed by atoms with van der Waals surface area (Å²) in [6, 6.07) is 15.0. The zero-order chi connectivity index (χ0) is 23.5. The second kappa shape index (κ2) is 9.75. The maximum absolute atomic E-state index is 13.6. The van der Waals surface area contributed by atoms with Crippen molar-refractivity contribution >= 4 is 40.5 Å². The molecule has 1 aromatic heterocycles. The lowest BCUT2D eigenvalue weighted by Crippen LogP contribution is -2.42. The van der Waals surface area contributed by atoms with Gasteiger partial charge in [-0.05, 0) is 54.8 Å². The van der Waals surface area contributed by atoms with Crippen LogP contribution < -0.4 is 14.8 Å². The predicted octanol–water partition coefficient (Wildman–Crippen LogP) is 2.53. The molecular formula is C25H22ClN3O3S. The van der Waals surface area contributed by atoms with Crippen LogP contribution in [0, 0.1) is 25.2 Å². The van der Waals surface area contributed by atoms with Gasteiger partial charge in [0.05, 0.1) is 23.4 Å². The third-order valence-corrected chi connectivity index (χ3v) is 6.74. The van der Waals surface area contributed by atoms with Crippen LogP contribution in [0.3, 0.4) is 0 Å². The topological polar surface area (TPSA) is 75.3 Å². The van der Waals surface area contributed by atoms with Crippen LogP contribution >= 0.6 is 22.9 Å². The molecule has 0 aliphatic carbocycles. The number of thiazole rings is 1. The van der Waals surface area contributed by atoms with Crippen LogP contribution in [-0.2, 0) is 9.53 Å². The largest absolute Gasteiger partial charge is 0.378 e. The van der Waals surface area contributed by atoms with Gasteiger partial charge in [-0.15, -0.1) is 11.3 Å². The number of morpholine rings is 1. The van der Waals surface area contributed by atoms with Gasteiger partial charge >= 0.3 is 0 Å². The Morgan fingerprint density at radius 1 is 1.18 bits per heavy atom. The van der Waals surface area contributed by atoms with E-state index in [2.05, 4.69) is 6.07 Å². The molecule has 1 aliphatic heterocycles. The van der Waals surface area contributed by atoms with Crippen molar-refractivity contribution in [3.63, 3.8) is 0 Å². The Kier molecular flexibility index (Phi) is 6.80. The van der Waals surface area contributed by atoms with E-state index in [4.69, 9.17) is 16.3 Å². The number of benzene rings is 2. The van der Waals surface area contributed by atoms with Gasteiger partial charge in [-0.2, -0.15) is 5.26 Å². The van der Waals surface area contributed by atoms with Gasteiger partial charge in [0.2, 0.25) is 0 Å². The molecule has 1 amide bonds. The summed E-state index contributed by atoms with van der Waals surface area (Å²) < 4.78 is 7.56. The minimum Gasteiger partial charge on any atom is -0.378 e. The van der Waals surface area contributed by atoms with Crippen molar-refractivity contribution < 1.29 is 9.53 Å². The number of carbonyl (C=O) groups is 1. The monoisotopic (exact) mass is 479 g/mol. The molecule has 1 aliphatic rings. The van der Waals surface area contributed by atoms with Gasteiger partial charge < -0.3 is 9.64 Å². The average Bonchev–Trinajstić information content (AvgIpc) is 3.12. The second-order valence-corrected chi connectivity index (χ2v) is 9.26. The first-order valence-electron chi connectivity index (χ1n) is 10.5. The molecule has 0 atom stereocenters. The molecule has 0 bridgehead atoms. The first kappa shape index (κ1) is 23.0. The maximum atomic E-state index is 13.6. The lowest BCUT2D eigenvalue weighted by molar-refractivity contribution is -0.128. The molecule has 2 heterocycles. The Hall–Kier alpha value is -3.18. The Morgan fingerprint density at radius 2 is 1.94 bits per heavy atom. The van der Waals surface area contributed by atoms with E-state index in [0.29, 0.717) is 46.2 Å². The van der Waals surface area contributed by atoms with Gasteiger partial charge in [-0.1, -0.05) is 35.9 Å². The van der Waals surface area contributed by atoms with Gasteiger partial charge in [-0.3, -0.25) is 14.2 Å². The molecule has 6 nitrogen and oxygen atoms in total. The fourth-order valence-electron chi connectivity index (χ4n) is 3.69. The normalized spacial score (nSPS) is 15.3. The Balaban J connectivity index is 2.04. The molecule has 168 valence electrons. The second-order valence-electron chi connectivity index (χ2n) is 7.79. The lowest BCUT2D eigenvalue weighted by atomic mass is 10.1. The number of nitriles is 1. The number of amides is 1. The SMILES string of the molecule is Cc1ccc(C)c(-n2c(=O)/c(=C\c3cccc(Cl)c3)s/c2=C(/C#N)C(=O)N2CCOCC2)c1. The molecule has 0 unspecified atom stereocenters. The Bertz CT molecular complexity index is 1440. The van der Waals surface area contributed by atoms with Crippen molar-refractivity contribution in [3.8, 4) is 11.8 Å². The summed E-state index contributed by atoms with van der Waals surface area (Å²) in [5.74, 6) is -0.393. The van der Waals surface area contributed by atoms with Gasteiger partial charge in [0.1, 0.15) is 10.7 Å². The van der Waals surface area contributed by atoms with E-state index < -0.39 is 5.91 Å². The van der Waals surface area contributed by atoms with Crippen molar-refractivity contribution in [2.24, 2.45) is 0 Å². The minimum atomic E-state index is -0.393. The lowest BCUT2D eigenvalue weighted by Gasteiger charge is -2.26. The van der Waals surface area contributed by atoms with Crippen molar-refractivity contribution in [1.29, 1.82) is 5.26 Å². The zero-order valence-corrected chi connectivity index (χ0v) is 19.9. The summed E-state index contributed by atoms with van der Waals surface area (Å²) in [6.07, 6.45) is 1.73. The van der Waals surface area contributed by atoms with E-state index >= 15 is 0 Å². The van der Waals surface area contributed by atoms with Gasteiger partial charge in [0, 0.05) is 18.1 Å². The molecule has 33 heavy (non-hydrogen) atoms. The fraction of sp³-hybridized carbons (Fsp3) is 0.240. The average molecular weight is 480 g/mol. The first-order valence-corrected chi connectivity index (χ1v) is 11.7. The molecule has 2 aromatic carbocycles. The third-order valence-electron chi connectivity index (χ3n) is 5.41. The van der Waals surface area contributed by atoms with Crippen molar-refractivity contribution in [1.82, 2.24) is 9.47 Å². The Morgan fingerprint density at radius 3 is 2.64 bits per heavy atom. The highest BCUT2D eigenvalue weighted by Gasteiger charge is 2.24. The van der Waals surface area contributed by atoms with Gasteiger partial charge in [0.15, 0.2) is 5.57 Å². The number of hydrogen-bond acceptors (Lipinski definition) is 5. The molecule has 4 rings (SSSR count). The first-order chi connectivity index (χ1) is 15.9. The smallest absolute Gasteiger partial charge is 0.273 e. The Labute approximate surface area is 200 Å². The fourth-order valence-corrected chi connectivity index (χ4v) is 4.98. The molecule has 0 radical (unpaired) electrons. The van der Waals surface area contributed by atoms with Crippen LogP contribution in [0.1, 0.15) is 16.7 Å². The summed E-state index contributed by atoms with van der Waals surface area (Å²) in [4.78, 5) is 28.5. The number of rotatable bonds is 3. The van der Waals surface area contributed by atoms with E-state index in [0.717, 1.165) is 28.0 Å². The molecule has 1 fully saturated rings. The van der Waals surface area contributed by atoms with E-state index in [9.17, 15) is 14.9 Å². The molecular weight excluding hydrogens is 458 g/mol. The number of ether oxygens (including phenoxy) is 1. The number of carbonyl (C=O) groups excluding carboxylic acids is 1. The van der Waals surface area contributed by atoms with E-state index in [-0.39, 0.29) is 11.1 Å². The number of halogens is 1. The maximum Gasteiger partial charge on any atom is 0.273 e. The van der Waals surface area contributed by atoms with E-state index in [1.54, 1.807) is 29.2 Å². The van der Waals surface area contributed by atoms with Crippen molar-refractivity contribution in [2.75, 3.05) is 26.3 Å². The summed E-state index contributed by atoms with van der Waals surface area (Å²) in [7, 11) is 0. The molecule has 1 saturated heterocycles. The van der Waals surface area contributed by atoms with Crippen LogP contribution in [0.15, 0.2) is 47.3 Å². The number of hydrogen-bond donors (Lipinski definition) is 0. The highest BCUT2D eigenvalue weighted by Crippen LogP contribution is 2.15. The van der Waals surface area contributed by atoms with Gasteiger partial charge in [0.25, 0.3) is 11.5 Å². The number of aryl methyl sites for hydroxylation is 2. The third kappa shape index (κ3) is 4.79. The van der Waals surface area contributed by atoms with Crippen LogP contribution in [-0.4, -0.2) is 41.7 Å². The molecule has 0 saturated carbocycles. The van der Waals surface area contributed by atoms with Crippen LogP contribution in [0.4, 0.5) is 0 Å². The molecule has 0 N–H and O–H groups in total. The highest BCUT2D eigenvalue weighted by atomic mass is 35.5. The van der Waals surface area contributed by atoms with Crippen LogP contribution in [0.25, 0.3) is 17.3 Å². The molecule has 8 heteroatoms. The number of nitrogens with zero attached hydrogens (tertiary/aromatic N) is 3. The zero-order valence-electron chi connectivity index (χ0n) is 18.3. The van der Waals surface area contributed by atoms with E-state index in [1.165, 1.54) is 4.57 Å². The summed E-state index contributed by atoms with van der Waals surface area (Å²) in [6.45, 7) is 5.50. The van der Waals surface area contributed by atoms with Gasteiger partial charge in [-0.25, -0.2) is 0 Å². The summed E-state index contributed by atoms with van der Waals surface area (Å²) in [5, 5.41) is 10.6. The van der Waals surface area contributed by atoms with Crippen molar-refractivity contribution in [2.45, 2.75) is 13.8 Å². The molecule has 3 aromatic rings. The minimum absolute atomic E-state index is 0.0503. The number of aromatic nitrogens is 1. The summed E-state index contributed by atoms with van der Waals surface area (Å²) in [5.41, 5.74) is 2.92. The highest BCUT2D eigenvalue weighted by molar-refractivity contribution is 7.07. The van der Waals surface area contributed by atoms with Crippen LogP contribution in [0.5, 0.6) is 0 Å². The van der Waals surface area contributed by atoms with Crippen molar-refractivity contribution in [3.05, 3.63) is 83.7 Å². The van der Waals surface area contributed by atoms with Crippen LogP contribution in [0.2, 0.25) is 5.02 Å². The molecule has 0 spiro atoms.